The maximum Gasteiger partial charge on any atom is 0.523 e. The van der Waals surface area contributed by atoms with Crippen molar-refractivity contribution in [3.63, 3.8) is 0 Å². The third-order valence-electron chi connectivity index (χ3n) is 5.59. The minimum absolute atomic E-state index is 0.0165. The van der Waals surface area contributed by atoms with E-state index in [1.54, 1.807) is 39.0 Å². The van der Waals surface area contributed by atoms with E-state index < -0.39 is 22.3 Å². The molecule has 0 saturated carbocycles. The van der Waals surface area contributed by atoms with E-state index >= 15 is 0 Å². The Morgan fingerprint density at radius 3 is 2.21 bits per heavy atom. The van der Waals surface area contributed by atoms with Crippen molar-refractivity contribution in [1.29, 1.82) is 0 Å². The lowest BCUT2D eigenvalue weighted by molar-refractivity contribution is -0.862. The maximum absolute atomic E-state index is 13.3. The number of carbonyl (C=O) groups excluding carboxylic acids is 1. The Labute approximate surface area is 181 Å². The fourth-order valence-electron chi connectivity index (χ4n) is 4.24. The number of imide groups is 1. The summed E-state index contributed by atoms with van der Waals surface area (Å²) in [6.07, 6.45) is -1.34. The molecule has 1 fully saturated rings. The molecule has 0 aliphatic carbocycles. The van der Waals surface area contributed by atoms with Crippen molar-refractivity contribution in [2.45, 2.75) is 38.9 Å². The lowest BCUT2D eigenvalue weighted by atomic mass is 9.98. The van der Waals surface area contributed by atoms with Crippen LogP contribution in [0.5, 0.6) is 0 Å². The van der Waals surface area contributed by atoms with Gasteiger partial charge in [0.25, 0.3) is 0 Å². The van der Waals surface area contributed by atoms with Gasteiger partial charge in [-0.3, -0.25) is 0 Å². The third-order valence-corrected chi connectivity index (χ3v) is 6.25. The van der Waals surface area contributed by atoms with E-state index in [1.807, 2.05) is 35.2 Å². The van der Waals surface area contributed by atoms with Crippen LogP contribution in [-0.4, -0.2) is 45.1 Å². The molecule has 1 N–H and O–H groups in total. The SMILES string of the molecule is CC(C)(C)[N+]1(C(=O)O)C(=O)CN(CCc2ccccc2)[C@H]1c1c(Cl)cccc1Cl. The second kappa shape index (κ2) is 8.07. The molecule has 1 aliphatic heterocycles. The lowest BCUT2D eigenvalue weighted by Gasteiger charge is -2.43. The van der Waals surface area contributed by atoms with E-state index in [1.165, 1.54) is 0 Å². The number of hydrogen-bond acceptors (Lipinski definition) is 3. The summed E-state index contributed by atoms with van der Waals surface area (Å²) in [5.74, 6) is -0.376. The summed E-state index contributed by atoms with van der Waals surface area (Å²) in [7, 11) is 0. The van der Waals surface area contributed by atoms with Gasteiger partial charge in [-0.1, -0.05) is 59.6 Å². The zero-order valence-electron chi connectivity index (χ0n) is 16.7. The second-order valence-corrected chi connectivity index (χ2v) is 9.10. The fourth-order valence-corrected chi connectivity index (χ4v) is 4.84. The van der Waals surface area contributed by atoms with E-state index in [0.717, 1.165) is 5.56 Å². The highest BCUT2D eigenvalue weighted by atomic mass is 35.5. The van der Waals surface area contributed by atoms with E-state index in [0.29, 0.717) is 28.6 Å². The molecule has 7 heteroatoms. The molecule has 0 spiro atoms. The maximum atomic E-state index is 13.3. The van der Waals surface area contributed by atoms with Crippen LogP contribution in [0, 0.1) is 0 Å². The van der Waals surface area contributed by atoms with Crippen LogP contribution in [0.1, 0.15) is 38.1 Å². The molecule has 1 saturated heterocycles. The first-order valence-corrected chi connectivity index (χ1v) is 10.2. The van der Waals surface area contributed by atoms with Crippen molar-refractivity contribution in [1.82, 2.24) is 4.90 Å². The van der Waals surface area contributed by atoms with Gasteiger partial charge in [-0.25, -0.2) is 9.69 Å². The molecule has 2 aromatic carbocycles. The zero-order chi connectivity index (χ0) is 21.4. The predicted octanol–water partition coefficient (Wildman–Crippen LogP) is 5.37. The minimum atomic E-state index is -1.20. The normalized spacial score (nSPS) is 22.8. The molecule has 0 aromatic heterocycles. The molecule has 3 rings (SSSR count). The molecule has 1 unspecified atom stereocenters. The Kier molecular flexibility index (Phi) is 6.06. The standard InChI is InChI=1S/C22H24Cl2N2O3/c1-22(2,3)26(21(28)29)18(27)14-25(13-12-15-8-5-4-6-9-15)20(26)19-16(23)10-7-11-17(19)24/h4-11,20H,12-14H2,1-3H3/p+1/t20-,26?/m1/s1. The van der Waals surface area contributed by atoms with Crippen LogP contribution in [0.3, 0.4) is 0 Å². The number of benzene rings is 2. The molecule has 2 aromatic rings. The van der Waals surface area contributed by atoms with Crippen LogP contribution in [-0.2, 0) is 11.2 Å². The first-order chi connectivity index (χ1) is 13.6. The van der Waals surface area contributed by atoms with Crippen LogP contribution in [0.2, 0.25) is 10.0 Å². The summed E-state index contributed by atoms with van der Waals surface area (Å²) in [5.41, 5.74) is 0.685. The summed E-state index contributed by atoms with van der Waals surface area (Å²) < 4.78 is -0.773. The average Bonchev–Trinajstić information content (AvgIpc) is 2.93. The summed E-state index contributed by atoms with van der Waals surface area (Å²) in [5, 5.41) is 11.0. The van der Waals surface area contributed by atoms with E-state index in [4.69, 9.17) is 23.2 Å². The topological polar surface area (TPSA) is 57.6 Å². The number of nitrogens with zero attached hydrogens (tertiary/aromatic N) is 2. The lowest BCUT2D eigenvalue weighted by Crippen LogP contribution is -2.66. The van der Waals surface area contributed by atoms with Gasteiger partial charge in [0.1, 0.15) is 12.1 Å². The Balaban J connectivity index is 2.14. The molecule has 1 heterocycles. The van der Waals surface area contributed by atoms with Crippen LogP contribution < -0.4 is 0 Å². The second-order valence-electron chi connectivity index (χ2n) is 8.28. The summed E-state index contributed by atoms with van der Waals surface area (Å²) in [6.45, 7) is 5.81. The van der Waals surface area contributed by atoms with Gasteiger partial charge in [0.05, 0.1) is 15.6 Å². The van der Waals surface area contributed by atoms with Gasteiger partial charge in [0, 0.05) is 6.54 Å². The summed E-state index contributed by atoms with van der Waals surface area (Å²) >= 11 is 13.0. The Morgan fingerprint density at radius 2 is 1.69 bits per heavy atom. The number of amides is 2. The van der Waals surface area contributed by atoms with Crippen molar-refractivity contribution in [3.05, 3.63) is 69.7 Å². The predicted molar refractivity (Wildman–Crippen MR) is 114 cm³/mol. The Hall–Kier alpha value is -1.92. The highest BCUT2D eigenvalue weighted by molar-refractivity contribution is 6.36. The zero-order valence-corrected chi connectivity index (χ0v) is 18.2. The summed E-state index contributed by atoms with van der Waals surface area (Å²) in [4.78, 5) is 27.8. The van der Waals surface area contributed by atoms with Gasteiger partial charge < -0.3 is 5.11 Å². The van der Waals surface area contributed by atoms with Gasteiger partial charge in [0.15, 0.2) is 6.17 Å². The van der Waals surface area contributed by atoms with Gasteiger partial charge in [-0.15, -0.1) is 4.48 Å². The Bertz CT molecular complexity index is 907. The first kappa shape index (κ1) is 21.8. The van der Waals surface area contributed by atoms with E-state index in [2.05, 4.69) is 0 Å². The quantitative estimate of drug-likeness (QED) is 0.655. The minimum Gasteiger partial charge on any atom is -0.435 e. The van der Waals surface area contributed by atoms with E-state index in [9.17, 15) is 14.7 Å². The molecule has 1 aliphatic rings. The number of rotatable bonds is 4. The van der Waals surface area contributed by atoms with Crippen molar-refractivity contribution >= 4 is 35.2 Å². The Morgan fingerprint density at radius 1 is 1.10 bits per heavy atom. The molecule has 2 amide bonds. The van der Waals surface area contributed by atoms with Gasteiger partial charge in [-0.05, 0) is 44.9 Å². The molecule has 5 nitrogen and oxygen atoms in total. The molecule has 154 valence electrons. The highest BCUT2D eigenvalue weighted by Gasteiger charge is 2.67. The van der Waals surface area contributed by atoms with Crippen molar-refractivity contribution < 1.29 is 19.2 Å². The smallest absolute Gasteiger partial charge is 0.435 e. The van der Waals surface area contributed by atoms with Gasteiger partial charge >= 0.3 is 12.0 Å². The number of carbonyl (C=O) groups is 2. The number of quaternary nitrogens is 1. The van der Waals surface area contributed by atoms with Gasteiger partial charge in [-0.2, -0.15) is 4.79 Å². The number of hydrogen-bond donors (Lipinski definition) is 1. The number of halogens is 2. The van der Waals surface area contributed by atoms with E-state index in [-0.39, 0.29) is 12.5 Å². The highest BCUT2D eigenvalue weighted by Crippen LogP contribution is 2.48. The largest absolute Gasteiger partial charge is 0.523 e. The van der Waals surface area contributed by atoms with Crippen molar-refractivity contribution in [2.24, 2.45) is 0 Å². The number of carboxylic acid groups (broad SMARTS) is 1. The molecule has 2 atom stereocenters. The van der Waals surface area contributed by atoms with Crippen LogP contribution in [0.25, 0.3) is 0 Å². The van der Waals surface area contributed by atoms with Crippen LogP contribution in [0.4, 0.5) is 4.79 Å². The average molecular weight is 436 g/mol. The molecule has 0 radical (unpaired) electrons. The molecule has 0 bridgehead atoms. The molecular formula is C22H25Cl2N2O3+. The van der Waals surface area contributed by atoms with Gasteiger partial charge in [0.2, 0.25) is 0 Å². The van der Waals surface area contributed by atoms with Crippen LogP contribution >= 0.6 is 23.2 Å². The fraction of sp³-hybridized carbons (Fsp3) is 0.364. The monoisotopic (exact) mass is 435 g/mol. The molecule has 29 heavy (non-hydrogen) atoms. The molecular weight excluding hydrogens is 411 g/mol. The van der Waals surface area contributed by atoms with Crippen molar-refractivity contribution in [2.75, 3.05) is 13.1 Å². The first-order valence-electron chi connectivity index (χ1n) is 9.48. The third kappa shape index (κ3) is 3.68. The van der Waals surface area contributed by atoms with Crippen molar-refractivity contribution in [3.8, 4) is 0 Å². The summed E-state index contributed by atoms with van der Waals surface area (Å²) in [6, 6.07) is 15.0. The van der Waals surface area contributed by atoms with Crippen LogP contribution in [0.15, 0.2) is 48.5 Å².